The first-order chi connectivity index (χ1) is 10.1. The largest absolute Gasteiger partial charge is 0.322 e. The molecule has 1 fully saturated rings. The molecule has 1 atom stereocenters. The lowest BCUT2D eigenvalue weighted by molar-refractivity contribution is 0.0759. The normalized spacial score (nSPS) is 18.0. The third kappa shape index (κ3) is 2.93. The van der Waals surface area contributed by atoms with Gasteiger partial charge in [-0.05, 0) is 35.9 Å². The SMILES string of the molecule is O=C(c1cccc(F)c1)N1CCSC1c1cccc(F)c1. The first kappa shape index (κ1) is 14.1. The summed E-state index contributed by atoms with van der Waals surface area (Å²) in [6, 6.07) is 11.9. The van der Waals surface area contributed by atoms with Crippen LogP contribution in [-0.2, 0) is 0 Å². The fourth-order valence-electron chi connectivity index (χ4n) is 2.40. The van der Waals surface area contributed by atoms with Crippen LogP contribution >= 0.6 is 11.8 Å². The second-order valence-corrected chi connectivity index (χ2v) is 5.98. The minimum absolute atomic E-state index is 0.225. The molecule has 1 amide bonds. The number of carbonyl (C=O) groups is 1. The topological polar surface area (TPSA) is 20.3 Å². The van der Waals surface area contributed by atoms with Crippen LogP contribution in [0.1, 0.15) is 21.3 Å². The summed E-state index contributed by atoms with van der Waals surface area (Å²) in [5.41, 5.74) is 1.07. The van der Waals surface area contributed by atoms with E-state index in [0.717, 1.165) is 11.3 Å². The highest BCUT2D eigenvalue weighted by Gasteiger charge is 2.31. The average molecular weight is 305 g/mol. The molecule has 1 heterocycles. The Labute approximate surface area is 125 Å². The zero-order valence-corrected chi connectivity index (χ0v) is 11.9. The molecule has 2 aromatic rings. The van der Waals surface area contributed by atoms with E-state index in [1.807, 2.05) is 0 Å². The first-order valence-corrected chi connectivity index (χ1v) is 7.63. The molecule has 2 aromatic carbocycles. The Kier molecular flexibility index (Phi) is 3.92. The van der Waals surface area contributed by atoms with Crippen molar-refractivity contribution in [1.29, 1.82) is 0 Å². The first-order valence-electron chi connectivity index (χ1n) is 6.59. The summed E-state index contributed by atoms with van der Waals surface area (Å²) in [5.74, 6) is -0.204. The Bertz CT molecular complexity index is 677. The number of carbonyl (C=O) groups excluding carboxylic acids is 1. The third-order valence-corrected chi connectivity index (χ3v) is 4.62. The van der Waals surface area contributed by atoms with E-state index in [4.69, 9.17) is 0 Å². The molecule has 1 saturated heterocycles. The zero-order chi connectivity index (χ0) is 14.8. The molecule has 0 spiro atoms. The standard InChI is InChI=1S/C16H13F2NOS/c17-13-5-1-3-11(9-13)15(20)19-7-8-21-16(19)12-4-2-6-14(18)10-12/h1-6,9-10,16H,7-8H2. The number of benzene rings is 2. The molecule has 0 saturated carbocycles. The van der Waals surface area contributed by atoms with Gasteiger partial charge in [-0.3, -0.25) is 4.79 Å². The van der Waals surface area contributed by atoms with Gasteiger partial charge in [-0.1, -0.05) is 18.2 Å². The van der Waals surface area contributed by atoms with Crippen molar-refractivity contribution in [3.05, 3.63) is 71.3 Å². The maximum Gasteiger partial charge on any atom is 0.255 e. The summed E-state index contributed by atoms with van der Waals surface area (Å²) in [7, 11) is 0. The molecule has 2 nitrogen and oxygen atoms in total. The van der Waals surface area contributed by atoms with Gasteiger partial charge in [-0.25, -0.2) is 8.78 Å². The lowest BCUT2D eigenvalue weighted by Gasteiger charge is -2.24. The van der Waals surface area contributed by atoms with Crippen LogP contribution in [-0.4, -0.2) is 23.1 Å². The zero-order valence-electron chi connectivity index (χ0n) is 11.1. The van der Waals surface area contributed by atoms with E-state index >= 15 is 0 Å². The van der Waals surface area contributed by atoms with Gasteiger partial charge in [0.05, 0.1) is 0 Å². The maximum absolute atomic E-state index is 13.4. The molecule has 3 rings (SSSR count). The summed E-state index contributed by atoms with van der Waals surface area (Å²) in [6.07, 6.45) is 0. The van der Waals surface area contributed by atoms with E-state index in [1.54, 1.807) is 34.9 Å². The second-order valence-electron chi connectivity index (χ2n) is 4.79. The molecule has 0 aromatic heterocycles. The van der Waals surface area contributed by atoms with Crippen LogP contribution in [0, 0.1) is 11.6 Å². The van der Waals surface area contributed by atoms with Gasteiger partial charge in [0.1, 0.15) is 17.0 Å². The molecule has 5 heteroatoms. The Morgan fingerprint density at radius 2 is 1.81 bits per heavy atom. The predicted molar refractivity (Wildman–Crippen MR) is 79.0 cm³/mol. The number of thioether (sulfide) groups is 1. The lowest BCUT2D eigenvalue weighted by atomic mass is 10.1. The Hall–Kier alpha value is -1.88. The minimum atomic E-state index is -0.435. The predicted octanol–water partition coefficient (Wildman–Crippen LogP) is 3.85. The van der Waals surface area contributed by atoms with Gasteiger partial charge < -0.3 is 4.90 Å². The van der Waals surface area contributed by atoms with Crippen molar-refractivity contribution in [3.8, 4) is 0 Å². The molecule has 0 N–H and O–H groups in total. The molecule has 1 aliphatic rings. The number of nitrogens with zero attached hydrogens (tertiary/aromatic N) is 1. The van der Waals surface area contributed by atoms with Crippen LogP contribution in [0.15, 0.2) is 48.5 Å². The van der Waals surface area contributed by atoms with Gasteiger partial charge in [0.25, 0.3) is 5.91 Å². The second kappa shape index (κ2) is 5.85. The molecule has 0 bridgehead atoms. The molecule has 0 radical (unpaired) electrons. The quantitative estimate of drug-likeness (QED) is 0.840. The van der Waals surface area contributed by atoms with Crippen molar-refractivity contribution < 1.29 is 13.6 Å². The van der Waals surface area contributed by atoms with E-state index in [9.17, 15) is 13.6 Å². The van der Waals surface area contributed by atoms with Crippen LogP contribution in [0.2, 0.25) is 0 Å². The molecular formula is C16H13F2NOS. The van der Waals surface area contributed by atoms with E-state index in [-0.39, 0.29) is 17.1 Å². The van der Waals surface area contributed by atoms with Crippen LogP contribution in [0.3, 0.4) is 0 Å². The lowest BCUT2D eigenvalue weighted by Crippen LogP contribution is -2.30. The Balaban J connectivity index is 1.89. The van der Waals surface area contributed by atoms with E-state index in [0.29, 0.717) is 12.1 Å². The van der Waals surface area contributed by atoms with Crippen LogP contribution in [0.25, 0.3) is 0 Å². The number of rotatable bonds is 2. The summed E-state index contributed by atoms with van der Waals surface area (Å²) in [5, 5.41) is -0.225. The molecule has 1 unspecified atom stereocenters. The van der Waals surface area contributed by atoms with Gasteiger partial charge in [0, 0.05) is 17.9 Å². The molecule has 108 valence electrons. The van der Waals surface area contributed by atoms with E-state index < -0.39 is 5.82 Å². The molecular weight excluding hydrogens is 292 g/mol. The monoisotopic (exact) mass is 305 g/mol. The number of hydrogen-bond donors (Lipinski definition) is 0. The summed E-state index contributed by atoms with van der Waals surface area (Å²) in [4.78, 5) is 14.2. The van der Waals surface area contributed by atoms with Crippen LogP contribution in [0.4, 0.5) is 8.78 Å². The minimum Gasteiger partial charge on any atom is -0.322 e. The van der Waals surface area contributed by atoms with Crippen molar-refractivity contribution in [2.45, 2.75) is 5.37 Å². The number of amides is 1. The van der Waals surface area contributed by atoms with Gasteiger partial charge in [-0.2, -0.15) is 0 Å². The smallest absolute Gasteiger partial charge is 0.255 e. The summed E-state index contributed by atoms with van der Waals surface area (Å²) in [6.45, 7) is 0.571. The van der Waals surface area contributed by atoms with Crippen LogP contribution < -0.4 is 0 Å². The van der Waals surface area contributed by atoms with Crippen molar-refractivity contribution in [2.24, 2.45) is 0 Å². The average Bonchev–Trinajstić information content (AvgIpc) is 2.96. The number of halogens is 2. The number of hydrogen-bond acceptors (Lipinski definition) is 2. The molecule has 0 aliphatic carbocycles. The summed E-state index contributed by atoms with van der Waals surface area (Å²) < 4.78 is 26.6. The molecule has 1 aliphatic heterocycles. The van der Waals surface area contributed by atoms with Crippen molar-refractivity contribution in [1.82, 2.24) is 4.90 Å². The Morgan fingerprint density at radius 3 is 2.52 bits per heavy atom. The van der Waals surface area contributed by atoms with Crippen molar-refractivity contribution in [3.63, 3.8) is 0 Å². The maximum atomic E-state index is 13.4. The highest BCUT2D eigenvalue weighted by Crippen LogP contribution is 2.38. The molecule has 21 heavy (non-hydrogen) atoms. The van der Waals surface area contributed by atoms with Gasteiger partial charge in [0.15, 0.2) is 0 Å². The Morgan fingerprint density at radius 1 is 1.10 bits per heavy atom. The fourth-order valence-corrected chi connectivity index (χ4v) is 3.65. The van der Waals surface area contributed by atoms with Gasteiger partial charge >= 0.3 is 0 Å². The fraction of sp³-hybridized carbons (Fsp3) is 0.188. The van der Waals surface area contributed by atoms with Crippen molar-refractivity contribution >= 4 is 17.7 Å². The third-order valence-electron chi connectivity index (χ3n) is 3.36. The van der Waals surface area contributed by atoms with E-state index in [1.165, 1.54) is 30.3 Å². The highest BCUT2D eigenvalue weighted by molar-refractivity contribution is 7.99. The van der Waals surface area contributed by atoms with Crippen molar-refractivity contribution in [2.75, 3.05) is 12.3 Å². The van der Waals surface area contributed by atoms with Gasteiger partial charge in [-0.15, -0.1) is 11.8 Å². The highest BCUT2D eigenvalue weighted by atomic mass is 32.2. The summed E-state index contributed by atoms with van der Waals surface area (Å²) >= 11 is 1.58. The van der Waals surface area contributed by atoms with E-state index in [2.05, 4.69) is 0 Å². The van der Waals surface area contributed by atoms with Gasteiger partial charge in [0.2, 0.25) is 0 Å². The van der Waals surface area contributed by atoms with Crippen LogP contribution in [0.5, 0.6) is 0 Å².